The minimum atomic E-state index is -1.47. The molecule has 21 heavy (non-hydrogen) atoms. The molecule has 108 valence electrons. The lowest BCUT2D eigenvalue weighted by atomic mass is 9.96. The zero-order valence-electron chi connectivity index (χ0n) is 10.9. The van der Waals surface area contributed by atoms with Crippen molar-refractivity contribution in [3.05, 3.63) is 51.7 Å². The van der Waals surface area contributed by atoms with Crippen molar-refractivity contribution < 1.29 is 19.1 Å². The third kappa shape index (κ3) is 3.40. The molecule has 6 heteroatoms. The minimum absolute atomic E-state index is 0.173. The summed E-state index contributed by atoms with van der Waals surface area (Å²) in [7, 11) is 0. The Labute approximate surface area is 131 Å². The highest BCUT2D eigenvalue weighted by molar-refractivity contribution is 6.37. The summed E-state index contributed by atoms with van der Waals surface area (Å²) in [5.41, 5.74) is 0.442. The number of carbonyl (C=O) groups excluding carboxylic acids is 3. The molecule has 2 rings (SSSR count). The molecule has 1 aromatic rings. The van der Waals surface area contributed by atoms with Crippen LogP contribution in [0.1, 0.15) is 12.5 Å². The van der Waals surface area contributed by atoms with Gasteiger partial charge in [0.2, 0.25) is 0 Å². The van der Waals surface area contributed by atoms with Crippen LogP contribution in [0, 0.1) is 5.92 Å². The SMILES string of the molecule is CC1=CC(=O)C(C(=O)C=Cc2c(Cl)cccc2Cl)C(=O)O1. The number of carbonyl (C=O) groups is 3. The van der Waals surface area contributed by atoms with E-state index in [-0.39, 0.29) is 5.76 Å². The van der Waals surface area contributed by atoms with Crippen molar-refractivity contribution in [3.63, 3.8) is 0 Å². The molecule has 0 bridgehead atoms. The molecule has 4 nitrogen and oxygen atoms in total. The Kier molecular flexibility index (Phi) is 4.60. The number of benzene rings is 1. The van der Waals surface area contributed by atoms with Gasteiger partial charge in [-0.2, -0.15) is 0 Å². The van der Waals surface area contributed by atoms with Gasteiger partial charge in [-0.25, -0.2) is 0 Å². The van der Waals surface area contributed by atoms with E-state index < -0.39 is 23.5 Å². The number of halogens is 2. The zero-order valence-corrected chi connectivity index (χ0v) is 12.4. The van der Waals surface area contributed by atoms with E-state index >= 15 is 0 Å². The lowest BCUT2D eigenvalue weighted by Gasteiger charge is -2.15. The van der Waals surface area contributed by atoms with E-state index in [0.717, 1.165) is 12.2 Å². The molecule has 0 aromatic heterocycles. The highest BCUT2D eigenvalue weighted by Gasteiger charge is 2.36. The van der Waals surface area contributed by atoms with Gasteiger partial charge in [0.15, 0.2) is 17.5 Å². The van der Waals surface area contributed by atoms with E-state index in [0.29, 0.717) is 15.6 Å². The Bertz CT molecular complexity index is 669. The standard InChI is InChI=1S/C15H10Cl2O4/c1-8-7-13(19)14(15(20)21-8)12(18)6-5-9-10(16)3-2-4-11(9)17/h2-7,14H,1H3. The van der Waals surface area contributed by atoms with E-state index in [2.05, 4.69) is 0 Å². The second kappa shape index (κ2) is 6.24. The van der Waals surface area contributed by atoms with Gasteiger partial charge in [-0.05, 0) is 31.2 Å². The Morgan fingerprint density at radius 1 is 1.24 bits per heavy atom. The number of allylic oxidation sites excluding steroid dienone is 3. The molecule has 0 saturated carbocycles. The number of rotatable bonds is 3. The summed E-state index contributed by atoms with van der Waals surface area (Å²) >= 11 is 11.9. The Hall–Kier alpha value is -1.91. The highest BCUT2D eigenvalue weighted by Crippen LogP contribution is 2.26. The van der Waals surface area contributed by atoms with Gasteiger partial charge in [-0.3, -0.25) is 14.4 Å². The Morgan fingerprint density at radius 2 is 1.86 bits per heavy atom. The van der Waals surface area contributed by atoms with Gasteiger partial charge < -0.3 is 4.74 Å². The van der Waals surface area contributed by atoms with Gasteiger partial charge in [-0.1, -0.05) is 29.3 Å². The van der Waals surface area contributed by atoms with Crippen LogP contribution < -0.4 is 0 Å². The fraction of sp³-hybridized carbons (Fsp3) is 0.133. The number of cyclic esters (lactones) is 1. The van der Waals surface area contributed by atoms with Crippen molar-refractivity contribution in [2.24, 2.45) is 5.92 Å². The number of esters is 1. The molecule has 1 atom stereocenters. The van der Waals surface area contributed by atoms with Crippen molar-refractivity contribution >= 4 is 46.8 Å². The molecule has 0 radical (unpaired) electrons. The van der Waals surface area contributed by atoms with Gasteiger partial charge in [0.1, 0.15) is 5.76 Å². The van der Waals surface area contributed by atoms with E-state index in [9.17, 15) is 14.4 Å². The van der Waals surface area contributed by atoms with Gasteiger partial charge in [0.25, 0.3) is 0 Å². The summed E-state index contributed by atoms with van der Waals surface area (Å²) in [6.45, 7) is 1.47. The summed E-state index contributed by atoms with van der Waals surface area (Å²) in [6, 6.07) is 4.90. The fourth-order valence-corrected chi connectivity index (χ4v) is 2.36. The van der Waals surface area contributed by atoms with Crippen LogP contribution in [0.4, 0.5) is 0 Å². The fourth-order valence-electron chi connectivity index (χ4n) is 1.83. The molecule has 1 aromatic carbocycles. The lowest BCUT2D eigenvalue weighted by Crippen LogP contribution is -2.34. The maximum atomic E-state index is 12.0. The van der Waals surface area contributed by atoms with Crippen LogP contribution in [-0.2, 0) is 19.1 Å². The first-order valence-corrected chi connectivity index (χ1v) is 6.75. The molecular formula is C15H10Cl2O4. The smallest absolute Gasteiger partial charge is 0.329 e. The lowest BCUT2D eigenvalue weighted by molar-refractivity contribution is -0.151. The van der Waals surface area contributed by atoms with Gasteiger partial charge in [-0.15, -0.1) is 0 Å². The predicted octanol–water partition coefficient (Wildman–Crippen LogP) is 3.22. The van der Waals surface area contributed by atoms with Gasteiger partial charge in [0.05, 0.1) is 0 Å². The molecule has 1 aliphatic heterocycles. The Morgan fingerprint density at radius 3 is 2.43 bits per heavy atom. The van der Waals surface area contributed by atoms with Crippen LogP contribution in [0.15, 0.2) is 36.1 Å². The van der Waals surface area contributed by atoms with Gasteiger partial charge in [0, 0.05) is 21.7 Å². The molecule has 1 aliphatic rings. The van der Waals surface area contributed by atoms with Crippen LogP contribution in [0.2, 0.25) is 10.0 Å². The molecule has 1 heterocycles. The normalized spacial score (nSPS) is 18.6. The second-order valence-corrected chi connectivity index (χ2v) is 5.20. The molecule has 0 N–H and O–H groups in total. The average molecular weight is 325 g/mol. The number of ether oxygens (including phenoxy) is 1. The average Bonchev–Trinajstić information content (AvgIpc) is 2.36. The predicted molar refractivity (Wildman–Crippen MR) is 78.8 cm³/mol. The second-order valence-electron chi connectivity index (χ2n) is 4.38. The number of hydrogen-bond donors (Lipinski definition) is 0. The molecular weight excluding hydrogens is 315 g/mol. The Balaban J connectivity index is 2.24. The molecule has 0 aliphatic carbocycles. The third-order valence-corrected chi connectivity index (χ3v) is 3.48. The first-order valence-electron chi connectivity index (χ1n) is 6.00. The summed E-state index contributed by atoms with van der Waals surface area (Å²) in [5, 5.41) is 0.722. The summed E-state index contributed by atoms with van der Waals surface area (Å²) in [4.78, 5) is 35.3. The van der Waals surface area contributed by atoms with E-state index in [1.165, 1.54) is 13.0 Å². The molecule has 0 spiro atoms. The zero-order chi connectivity index (χ0) is 15.6. The van der Waals surface area contributed by atoms with Crippen molar-refractivity contribution in [1.29, 1.82) is 0 Å². The van der Waals surface area contributed by atoms with Crippen molar-refractivity contribution in [3.8, 4) is 0 Å². The quantitative estimate of drug-likeness (QED) is 0.486. The minimum Gasteiger partial charge on any atom is -0.430 e. The molecule has 0 saturated heterocycles. The van der Waals surface area contributed by atoms with Crippen LogP contribution in [0.25, 0.3) is 6.08 Å². The van der Waals surface area contributed by atoms with E-state index in [1.807, 2.05) is 0 Å². The number of ketones is 2. The topological polar surface area (TPSA) is 60.4 Å². The van der Waals surface area contributed by atoms with Crippen LogP contribution in [0.5, 0.6) is 0 Å². The largest absolute Gasteiger partial charge is 0.430 e. The third-order valence-electron chi connectivity index (χ3n) is 2.83. The summed E-state index contributed by atoms with van der Waals surface area (Å²) in [5.74, 6) is -3.44. The maximum absolute atomic E-state index is 12.0. The maximum Gasteiger partial charge on any atom is 0.329 e. The summed E-state index contributed by atoms with van der Waals surface area (Å²) in [6.07, 6.45) is 3.60. The van der Waals surface area contributed by atoms with Crippen LogP contribution >= 0.6 is 23.2 Å². The first kappa shape index (κ1) is 15.5. The van der Waals surface area contributed by atoms with E-state index in [4.69, 9.17) is 27.9 Å². The molecule has 0 fully saturated rings. The van der Waals surface area contributed by atoms with Crippen molar-refractivity contribution in [2.45, 2.75) is 6.92 Å². The van der Waals surface area contributed by atoms with Gasteiger partial charge >= 0.3 is 5.97 Å². The first-order chi connectivity index (χ1) is 9.90. The monoisotopic (exact) mass is 324 g/mol. The van der Waals surface area contributed by atoms with Crippen molar-refractivity contribution in [1.82, 2.24) is 0 Å². The highest BCUT2D eigenvalue weighted by atomic mass is 35.5. The van der Waals surface area contributed by atoms with Crippen LogP contribution in [0.3, 0.4) is 0 Å². The van der Waals surface area contributed by atoms with E-state index in [1.54, 1.807) is 18.2 Å². The van der Waals surface area contributed by atoms with Crippen LogP contribution in [-0.4, -0.2) is 17.5 Å². The summed E-state index contributed by atoms with van der Waals surface area (Å²) < 4.78 is 4.78. The molecule has 0 amide bonds. The number of hydrogen-bond acceptors (Lipinski definition) is 4. The van der Waals surface area contributed by atoms with Crippen molar-refractivity contribution in [2.75, 3.05) is 0 Å². The molecule has 1 unspecified atom stereocenters.